The average molecular weight is 308 g/mol. The second kappa shape index (κ2) is 7.82. The lowest BCUT2D eigenvalue weighted by molar-refractivity contribution is -0.155. The SMILES string of the molecule is CCCNC1CCC(C)(C)CC1N(CCC)CC(F)(F)F. The Labute approximate surface area is 127 Å². The second-order valence-corrected chi connectivity index (χ2v) is 7.12. The van der Waals surface area contributed by atoms with E-state index in [-0.39, 0.29) is 17.5 Å². The molecule has 1 N–H and O–H groups in total. The zero-order chi connectivity index (χ0) is 16.1. The molecule has 2 atom stereocenters. The third kappa shape index (κ3) is 6.55. The van der Waals surface area contributed by atoms with Crippen molar-refractivity contribution in [1.82, 2.24) is 10.2 Å². The molecular weight excluding hydrogens is 277 g/mol. The summed E-state index contributed by atoms with van der Waals surface area (Å²) in [6, 6.07) is 0.175. The highest BCUT2D eigenvalue weighted by Crippen LogP contribution is 2.38. The number of halogens is 3. The van der Waals surface area contributed by atoms with Gasteiger partial charge in [0.25, 0.3) is 0 Å². The van der Waals surface area contributed by atoms with Gasteiger partial charge in [-0.1, -0.05) is 27.7 Å². The number of nitrogens with one attached hydrogen (secondary N) is 1. The van der Waals surface area contributed by atoms with Crippen LogP contribution in [0.25, 0.3) is 0 Å². The summed E-state index contributed by atoms with van der Waals surface area (Å²) in [5, 5.41) is 3.47. The summed E-state index contributed by atoms with van der Waals surface area (Å²) in [7, 11) is 0. The van der Waals surface area contributed by atoms with Crippen LogP contribution in [0, 0.1) is 5.41 Å². The molecule has 21 heavy (non-hydrogen) atoms. The monoisotopic (exact) mass is 308 g/mol. The fraction of sp³-hybridized carbons (Fsp3) is 1.00. The molecule has 2 unspecified atom stereocenters. The van der Waals surface area contributed by atoms with Crippen LogP contribution >= 0.6 is 0 Å². The van der Waals surface area contributed by atoms with E-state index < -0.39 is 12.7 Å². The van der Waals surface area contributed by atoms with Gasteiger partial charge in [-0.05, 0) is 50.6 Å². The van der Waals surface area contributed by atoms with Gasteiger partial charge in [-0.3, -0.25) is 4.90 Å². The number of alkyl halides is 3. The molecule has 0 spiro atoms. The van der Waals surface area contributed by atoms with Crippen LogP contribution in [0.1, 0.15) is 59.8 Å². The first kappa shape index (κ1) is 18.8. The van der Waals surface area contributed by atoms with Gasteiger partial charge in [0.15, 0.2) is 0 Å². The van der Waals surface area contributed by atoms with Gasteiger partial charge in [0.1, 0.15) is 0 Å². The van der Waals surface area contributed by atoms with Crippen molar-refractivity contribution in [3.8, 4) is 0 Å². The lowest BCUT2D eigenvalue weighted by atomic mass is 9.72. The maximum atomic E-state index is 12.9. The predicted octanol–water partition coefficient (Wildman–Crippen LogP) is 4.21. The maximum Gasteiger partial charge on any atom is 0.401 e. The van der Waals surface area contributed by atoms with Crippen LogP contribution in [0.3, 0.4) is 0 Å². The van der Waals surface area contributed by atoms with Crippen molar-refractivity contribution in [3.05, 3.63) is 0 Å². The molecule has 0 radical (unpaired) electrons. The molecule has 0 aromatic rings. The molecule has 1 fully saturated rings. The molecule has 0 saturated heterocycles. The van der Waals surface area contributed by atoms with E-state index in [1.807, 2.05) is 6.92 Å². The van der Waals surface area contributed by atoms with Gasteiger partial charge in [0, 0.05) is 12.1 Å². The van der Waals surface area contributed by atoms with Crippen molar-refractivity contribution in [2.45, 2.75) is 78.1 Å². The van der Waals surface area contributed by atoms with Gasteiger partial charge in [-0.15, -0.1) is 0 Å². The molecule has 0 heterocycles. The Hall–Kier alpha value is -0.290. The topological polar surface area (TPSA) is 15.3 Å². The summed E-state index contributed by atoms with van der Waals surface area (Å²) in [5.74, 6) is 0. The molecule has 5 heteroatoms. The minimum absolute atomic E-state index is 0.0122. The first-order chi connectivity index (χ1) is 9.68. The Morgan fingerprint density at radius 3 is 2.38 bits per heavy atom. The van der Waals surface area contributed by atoms with Gasteiger partial charge >= 0.3 is 6.18 Å². The van der Waals surface area contributed by atoms with Gasteiger partial charge in [0.05, 0.1) is 6.54 Å². The minimum Gasteiger partial charge on any atom is -0.312 e. The van der Waals surface area contributed by atoms with Crippen molar-refractivity contribution in [1.29, 1.82) is 0 Å². The number of hydrogen-bond donors (Lipinski definition) is 1. The van der Waals surface area contributed by atoms with E-state index in [2.05, 4.69) is 26.1 Å². The minimum atomic E-state index is -4.12. The summed E-state index contributed by atoms with van der Waals surface area (Å²) in [4.78, 5) is 1.66. The largest absolute Gasteiger partial charge is 0.401 e. The molecule has 0 amide bonds. The fourth-order valence-electron chi connectivity index (χ4n) is 3.38. The van der Waals surface area contributed by atoms with Crippen LogP contribution in [0.2, 0.25) is 0 Å². The normalized spacial score (nSPS) is 26.3. The van der Waals surface area contributed by atoms with Crippen LogP contribution in [-0.4, -0.2) is 42.8 Å². The van der Waals surface area contributed by atoms with E-state index in [1.165, 1.54) is 0 Å². The Kier molecular flexibility index (Phi) is 6.98. The standard InChI is InChI=1S/C16H31F3N2/c1-5-9-20-13-7-8-15(3,4)11-14(13)21(10-6-2)12-16(17,18)19/h13-14,20H,5-12H2,1-4H3. The van der Waals surface area contributed by atoms with E-state index in [4.69, 9.17) is 0 Å². The highest BCUT2D eigenvalue weighted by Gasteiger charge is 2.41. The van der Waals surface area contributed by atoms with E-state index >= 15 is 0 Å². The summed E-state index contributed by atoms with van der Waals surface area (Å²) in [6.45, 7) is 9.01. The third-order valence-electron chi connectivity index (χ3n) is 4.38. The van der Waals surface area contributed by atoms with E-state index in [0.29, 0.717) is 6.54 Å². The molecule has 0 bridgehead atoms. The number of rotatable bonds is 7. The number of hydrogen-bond acceptors (Lipinski definition) is 2. The summed E-state index contributed by atoms with van der Waals surface area (Å²) in [6.07, 6.45) is 0.538. The Morgan fingerprint density at radius 2 is 1.86 bits per heavy atom. The van der Waals surface area contributed by atoms with Crippen molar-refractivity contribution >= 4 is 0 Å². The van der Waals surface area contributed by atoms with Crippen molar-refractivity contribution < 1.29 is 13.2 Å². The van der Waals surface area contributed by atoms with Gasteiger partial charge in [-0.25, -0.2) is 0 Å². The zero-order valence-corrected chi connectivity index (χ0v) is 13.9. The van der Waals surface area contributed by atoms with Crippen LogP contribution in [0.4, 0.5) is 13.2 Å². The highest BCUT2D eigenvalue weighted by atomic mass is 19.4. The highest BCUT2D eigenvalue weighted by molar-refractivity contribution is 4.95. The maximum absolute atomic E-state index is 12.9. The lowest BCUT2D eigenvalue weighted by Crippen LogP contribution is -2.56. The molecule has 0 aromatic heterocycles. The average Bonchev–Trinajstić information content (AvgIpc) is 2.34. The van der Waals surface area contributed by atoms with Crippen molar-refractivity contribution in [3.63, 3.8) is 0 Å². The van der Waals surface area contributed by atoms with E-state index in [1.54, 1.807) is 4.90 Å². The van der Waals surface area contributed by atoms with Crippen molar-refractivity contribution in [2.75, 3.05) is 19.6 Å². The third-order valence-corrected chi connectivity index (χ3v) is 4.38. The van der Waals surface area contributed by atoms with E-state index in [0.717, 1.165) is 38.6 Å². The Morgan fingerprint density at radius 1 is 1.19 bits per heavy atom. The quantitative estimate of drug-likeness (QED) is 0.758. The molecule has 0 aliphatic heterocycles. The summed E-state index contributed by atoms with van der Waals surface area (Å²) in [5.41, 5.74) is 0.132. The van der Waals surface area contributed by atoms with Gasteiger partial charge in [0.2, 0.25) is 0 Å². The lowest BCUT2D eigenvalue weighted by Gasteiger charge is -2.46. The molecule has 1 rings (SSSR count). The summed E-state index contributed by atoms with van der Waals surface area (Å²) >= 11 is 0. The Bertz CT molecular complexity index is 302. The fourth-order valence-corrected chi connectivity index (χ4v) is 3.38. The van der Waals surface area contributed by atoms with Gasteiger partial charge in [-0.2, -0.15) is 13.2 Å². The second-order valence-electron chi connectivity index (χ2n) is 7.12. The van der Waals surface area contributed by atoms with Gasteiger partial charge < -0.3 is 5.32 Å². The molecule has 1 aliphatic carbocycles. The summed E-state index contributed by atoms with van der Waals surface area (Å²) < 4.78 is 38.7. The van der Waals surface area contributed by atoms with Crippen LogP contribution in [0.5, 0.6) is 0 Å². The van der Waals surface area contributed by atoms with Crippen molar-refractivity contribution in [2.24, 2.45) is 5.41 Å². The zero-order valence-electron chi connectivity index (χ0n) is 13.9. The first-order valence-electron chi connectivity index (χ1n) is 8.22. The van der Waals surface area contributed by atoms with Crippen LogP contribution in [-0.2, 0) is 0 Å². The molecule has 0 aromatic carbocycles. The van der Waals surface area contributed by atoms with Crippen LogP contribution < -0.4 is 5.32 Å². The molecular formula is C16H31F3N2. The number of nitrogens with zero attached hydrogens (tertiary/aromatic N) is 1. The van der Waals surface area contributed by atoms with Crippen LogP contribution in [0.15, 0.2) is 0 Å². The molecule has 126 valence electrons. The predicted molar refractivity (Wildman–Crippen MR) is 81.4 cm³/mol. The van der Waals surface area contributed by atoms with E-state index in [9.17, 15) is 13.2 Å². The smallest absolute Gasteiger partial charge is 0.312 e. The first-order valence-corrected chi connectivity index (χ1v) is 8.22. The molecule has 1 saturated carbocycles. The Balaban J connectivity index is 2.84. The molecule has 1 aliphatic rings. The molecule has 2 nitrogen and oxygen atoms in total.